The van der Waals surface area contributed by atoms with Gasteiger partial charge in [-0.1, -0.05) is 6.92 Å². The van der Waals surface area contributed by atoms with Crippen LogP contribution in [0.3, 0.4) is 0 Å². The Kier molecular flexibility index (Phi) is 1.49. The minimum Gasteiger partial charge on any atom is -0.353 e. The Hall–Kier alpha value is -0.570. The summed E-state index contributed by atoms with van der Waals surface area (Å²) in [6.45, 7) is 5.88. The quantitative estimate of drug-likeness (QED) is 0.590. The molecule has 68 valence electrons. The summed E-state index contributed by atoms with van der Waals surface area (Å²) >= 11 is 0. The third-order valence-corrected chi connectivity index (χ3v) is 3.55. The van der Waals surface area contributed by atoms with Crippen LogP contribution in [0.25, 0.3) is 0 Å². The molecule has 0 aromatic rings. The molecule has 2 N–H and O–H groups in total. The smallest absolute Gasteiger partial charge is 0.240 e. The van der Waals surface area contributed by atoms with Crippen LogP contribution < -0.4 is 10.6 Å². The molecule has 3 nitrogen and oxygen atoms in total. The van der Waals surface area contributed by atoms with E-state index in [0.29, 0.717) is 0 Å². The summed E-state index contributed by atoms with van der Waals surface area (Å²) < 4.78 is 0. The Balaban J connectivity index is 2.22. The predicted octanol–water partition coefficient (Wildman–Crippen LogP) is 0.265. The third kappa shape index (κ3) is 0.891. The molecule has 1 amide bonds. The first-order chi connectivity index (χ1) is 5.58. The van der Waals surface area contributed by atoms with Crippen molar-refractivity contribution in [1.82, 2.24) is 10.6 Å². The Labute approximate surface area is 72.9 Å². The largest absolute Gasteiger partial charge is 0.353 e. The lowest BCUT2D eigenvalue weighted by Gasteiger charge is -2.39. The maximum Gasteiger partial charge on any atom is 0.240 e. The topological polar surface area (TPSA) is 41.1 Å². The second-order valence-corrected chi connectivity index (χ2v) is 4.37. The van der Waals surface area contributed by atoms with Crippen molar-refractivity contribution in [2.75, 3.05) is 13.1 Å². The molecule has 3 heteroatoms. The molecule has 1 unspecified atom stereocenters. The monoisotopic (exact) mass is 168 g/mol. The number of piperazine rings is 1. The standard InChI is InChI=1S/C9H16N2O/c1-8(3-4-8)9(2)7(12)10-5-6-11-9/h11H,3-6H2,1-2H3,(H,10,12). The summed E-state index contributed by atoms with van der Waals surface area (Å²) in [6, 6.07) is 0. The van der Waals surface area contributed by atoms with E-state index in [4.69, 9.17) is 0 Å². The summed E-state index contributed by atoms with van der Waals surface area (Å²) in [5, 5.41) is 6.25. The van der Waals surface area contributed by atoms with Gasteiger partial charge in [-0.05, 0) is 25.2 Å². The third-order valence-electron chi connectivity index (χ3n) is 3.55. The van der Waals surface area contributed by atoms with E-state index in [2.05, 4.69) is 17.6 Å². The molecule has 2 aliphatic rings. The molecule has 1 saturated heterocycles. The molecular formula is C9H16N2O. The van der Waals surface area contributed by atoms with Gasteiger partial charge in [0.1, 0.15) is 5.54 Å². The van der Waals surface area contributed by atoms with Crippen LogP contribution in [-0.2, 0) is 4.79 Å². The van der Waals surface area contributed by atoms with Crippen LogP contribution in [0.4, 0.5) is 0 Å². The van der Waals surface area contributed by atoms with E-state index < -0.39 is 0 Å². The fourth-order valence-electron chi connectivity index (χ4n) is 1.92. The van der Waals surface area contributed by atoms with Gasteiger partial charge < -0.3 is 10.6 Å². The molecule has 2 fully saturated rings. The van der Waals surface area contributed by atoms with Crippen molar-refractivity contribution in [3.63, 3.8) is 0 Å². The zero-order valence-corrected chi connectivity index (χ0v) is 7.74. The zero-order chi connectivity index (χ0) is 8.82. The minimum absolute atomic E-state index is 0.175. The van der Waals surface area contributed by atoms with Gasteiger partial charge in [0, 0.05) is 13.1 Å². The van der Waals surface area contributed by atoms with Crippen LogP contribution in [-0.4, -0.2) is 24.5 Å². The fourth-order valence-corrected chi connectivity index (χ4v) is 1.92. The maximum absolute atomic E-state index is 11.6. The highest BCUT2D eigenvalue weighted by atomic mass is 16.2. The molecule has 1 aliphatic heterocycles. The summed E-state index contributed by atoms with van der Waals surface area (Å²) in [4.78, 5) is 11.6. The van der Waals surface area contributed by atoms with Gasteiger partial charge >= 0.3 is 0 Å². The van der Waals surface area contributed by atoms with Gasteiger partial charge in [-0.25, -0.2) is 0 Å². The predicted molar refractivity (Wildman–Crippen MR) is 46.8 cm³/mol. The van der Waals surface area contributed by atoms with E-state index >= 15 is 0 Å². The number of carbonyl (C=O) groups excluding carboxylic acids is 1. The van der Waals surface area contributed by atoms with Crippen molar-refractivity contribution in [2.24, 2.45) is 5.41 Å². The Morgan fingerprint density at radius 1 is 1.25 bits per heavy atom. The molecule has 0 radical (unpaired) electrons. The van der Waals surface area contributed by atoms with Gasteiger partial charge in [-0.15, -0.1) is 0 Å². The van der Waals surface area contributed by atoms with Crippen molar-refractivity contribution >= 4 is 5.91 Å². The molecule has 2 rings (SSSR count). The van der Waals surface area contributed by atoms with Gasteiger partial charge in [0.2, 0.25) is 5.91 Å². The molecule has 1 saturated carbocycles. The Morgan fingerprint density at radius 2 is 1.92 bits per heavy atom. The number of nitrogens with one attached hydrogen (secondary N) is 2. The van der Waals surface area contributed by atoms with Crippen molar-refractivity contribution < 1.29 is 4.79 Å². The average molecular weight is 168 g/mol. The van der Waals surface area contributed by atoms with Gasteiger partial charge in [0.25, 0.3) is 0 Å². The summed E-state index contributed by atoms with van der Waals surface area (Å²) in [7, 11) is 0. The second-order valence-electron chi connectivity index (χ2n) is 4.37. The first kappa shape index (κ1) is 8.05. The summed E-state index contributed by atoms with van der Waals surface area (Å²) in [5.41, 5.74) is -0.108. The number of hydrogen-bond donors (Lipinski definition) is 2. The highest BCUT2D eigenvalue weighted by molar-refractivity contribution is 5.88. The van der Waals surface area contributed by atoms with E-state index in [1.165, 1.54) is 12.8 Å². The first-order valence-electron chi connectivity index (χ1n) is 4.62. The first-order valence-corrected chi connectivity index (χ1v) is 4.62. The van der Waals surface area contributed by atoms with E-state index in [9.17, 15) is 4.79 Å². The Bertz CT molecular complexity index is 223. The number of rotatable bonds is 1. The average Bonchev–Trinajstić information content (AvgIpc) is 2.76. The van der Waals surface area contributed by atoms with E-state index in [-0.39, 0.29) is 16.9 Å². The van der Waals surface area contributed by atoms with Crippen molar-refractivity contribution in [3.8, 4) is 0 Å². The number of hydrogen-bond acceptors (Lipinski definition) is 2. The number of carbonyl (C=O) groups is 1. The van der Waals surface area contributed by atoms with Crippen LogP contribution in [0.1, 0.15) is 26.7 Å². The summed E-state index contributed by atoms with van der Waals surface area (Å²) in [6.07, 6.45) is 2.34. The maximum atomic E-state index is 11.6. The molecule has 0 bridgehead atoms. The van der Waals surface area contributed by atoms with Crippen LogP contribution in [0, 0.1) is 5.41 Å². The zero-order valence-electron chi connectivity index (χ0n) is 7.74. The van der Waals surface area contributed by atoms with Gasteiger partial charge in [-0.3, -0.25) is 4.79 Å². The molecule has 1 heterocycles. The lowest BCUT2D eigenvalue weighted by Crippen LogP contribution is -2.65. The minimum atomic E-state index is -0.314. The van der Waals surface area contributed by atoms with Crippen LogP contribution in [0.15, 0.2) is 0 Å². The van der Waals surface area contributed by atoms with E-state index in [0.717, 1.165) is 13.1 Å². The Morgan fingerprint density at radius 3 is 2.42 bits per heavy atom. The molecule has 1 aliphatic carbocycles. The lowest BCUT2D eigenvalue weighted by molar-refractivity contribution is -0.131. The van der Waals surface area contributed by atoms with Gasteiger partial charge in [0.15, 0.2) is 0 Å². The summed E-state index contributed by atoms with van der Waals surface area (Å²) in [5.74, 6) is 0.175. The van der Waals surface area contributed by atoms with Crippen LogP contribution in [0.5, 0.6) is 0 Å². The molecular weight excluding hydrogens is 152 g/mol. The van der Waals surface area contributed by atoms with E-state index in [1.807, 2.05) is 6.92 Å². The van der Waals surface area contributed by atoms with Gasteiger partial charge in [-0.2, -0.15) is 0 Å². The molecule has 1 atom stereocenters. The molecule has 0 aromatic heterocycles. The SMILES string of the molecule is CC1(C2(C)NCCNC2=O)CC1. The fraction of sp³-hybridized carbons (Fsp3) is 0.889. The van der Waals surface area contributed by atoms with Crippen molar-refractivity contribution in [2.45, 2.75) is 32.2 Å². The molecule has 0 aromatic carbocycles. The lowest BCUT2D eigenvalue weighted by atomic mass is 9.82. The normalized spacial score (nSPS) is 39.0. The van der Waals surface area contributed by atoms with Crippen LogP contribution >= 0.6 is 0 Å². The number of amides is 1. The van der Waals surface area contributed by atoms with Crippen molar-refractivity contribution in [3.05, 3.63) is 0 Å². The highest BCUT2D eigenvalue weighted by Gasteiger charge is 2.57. The second kappa shape index (κ2) is 2.22. The molecule has 12 heavy (non-hydrogen) atoms. The van der Waals surface area contributed by atoms with Crippen LogP contribution in [0.2, 0.25) is 0 Å². The molecule has 0 spiro atoms. The van der Waals surface area contributed by atoms with Crippen molar-refractivity contribution in [1.29, 1.82) is 0 Å². The highest BCUT2D eigenvalue weighted by Crippen LogP contribution is 2.53. The van der Waals surface area contributed by atoms with Gasteiger partial charge in [0.05, 0.1) is 0 Å². The van der Waals surface area contributed by atoms with E-state index in [1.54, 1.807) is 0 Å².